The van der Waals surface area contributed by atoms with Crippen molar-refractivity contribution >= 4 is 0 Å². The van der Waals surface area contributed by atoms with Crippen molar-refractivity contribution in [2.24, 2.45) is 0 Å². The number of nitrogens with zero attached hydrogens (tertiary/aromatic N) is 2. The summed E-state index contributed by atoms with van der Waals surface area (Å²) in [7, 11) is 1.50. The molecule has 0 radical (unpaired) electrons. The summed E-state index contributed by atoms with van der Waals surface area (Å²) < 4.78 is 23.2. The van der Waals surface area contributed by atoms with Crippen LogP contribution in [0.2, 0.25) is 0 Å². The highest BCUT2D eigenvalue weighted by molar-refractivity contribution is 5.45. The van der Waals surface area contributed by atoms with Gasteiger partial charge in [-0.3, -0.25) is 0 Å². The molecule has 1 aromatic carbocycles. The summed E-state index contributed by atoms with van der Waals surface area (Å²) in [5, 5.41) is 8.87. The van der Waals surface area contributed by atoms with Crippen molar-refractivity contribution in [3.8, 4) is 17.6 Å². The average Bonchev–Trinajstić information content (AvgIpc) is 2.46. The molecule has 2 rings (SSSR count). The zero-order valence-electron chi connectivity index (χ0n) is 10.3. The highest BCUT2D eigenvalue weighted by Crippen LogP contribution is 2.20. The Morgan fingerprint density at radius 2 is 2.16 bits per heavy atom. The Hall–Kier alpha value is -2.61. The normalized spacial score (nSPS) is 9.74. The minimum absolute atomic E-state index is 0.287. The monoisotopic (exact) mass is 258 g/mol. The van der Waals surface area contributed by atoms with Gasteiger partial charge in [0, 0.05) is 0 Å². The fraction of sp³-hybridized carbons (Fsp3) is 0.143. The first-order valence-corrected chi connectivity index (χ1v) is 5.54. The maximum atomic E-state index is 12.6. The van der Waals surface area contributed by atoms with E-state index in [0.29, 0.717) is 17.1 Å². The van der Waals surface area contributed by atoms with Crippen LogP contribution in [0.3, 0.4) is 0 Å². The zero-order valence-corrected chi connectivity index (χ0v) is 10.3. The summed E-state index contributed by atoms with van der Waals surface area (Å²) in [6, 6.07) is 9.94. The second-order valence-corrected chi connectivity index (χ2v) is 3.75. The summed E-state index contributed by atoms with van der Waals surface area (Å²) in [4.78, 5) is 3.49. The Morgan fingerprint density at radius 3 is 2.79 bits per heavy atom. The van der Waals surface area contributed by atoms with Gasteiger partial charge in [-0.05, 0) is 29.8 Å². The third-order valence-electron chi connectivity index (χ3n) is 2.49. The molecule has 2 aromatic rings. The fourth-order valence-corrected chi connectivity index (χ4v) is 1.53. The van der Waals surface area contributed by atoms with Gasteiger partial charge in [-0.15, -0.1) is 0 Å². The van der Waals surface area contributed by atoms with E-state index in [1.54, 1.807) is 18.2 Å². The molecule has 1 heterocycles. The molecule has 5 heteroatoms. The van der Waals surface area contributed by atoms with Crippen LogP contribution in [0.25, 0.3) is 0 Å². The predicted octanol–water partition coefficient (Wildman–Crippen LogP) is 2.68. The van der Waals surface area contributed by atoms with Crippen LogP contribution >= 0.6 is 0 Å². The number of hydrogen-bond acceptors (Lipinski definition) is 4. The van der Waals surface area contributed by atoms with Gasteiger partial charge in [0.05, 0.1) is 18.9 Å². The Bertz CT molecular complexity index is 606. The second-order valence-electron chi connectivity index (χ2n) is 3.75. The Labute approximate surface area is 110 Å². The Balaban J connectivity index is 2.07. The van der Waals surface area contributed by atoms with Crippen molar-refractivity contribution in [1.82, 2.24) is 4.98 Å². The largest absolute Gasteiger partial charge is 0.495 e. The van der Waals surface area contributed by atoms with Crippen LogP contribution in [-0.2, 0) is 6.61 Å². The van der Waals surface area contributed by atoms with Gasteiger partial charge in [0.15, 0.2) is 0 Å². The molecule has 0 aliphatic carbocycles. The molecule has 96 valence electrons. The van der Waals surface area contributed by atoms with Gasteiger partial charge in [-0.1, -0.05) is 6.07 Å². The van der Waals surface area contributed by atoms with Crippen LogP contribution in [-0.4, -0.2) is 12.1 Å². The molecule has 0 saturated carbocycles. The van der Waals surface area contributed by atoms with E-state index < -0.39 is 5.95 Å². The van der Waals surface area contributed by atoms with Gasteiger partial charge in [-0.2, -0.15) is 9.65 Å². The fourth-order valence-electron chi connectivity index (χ4n) is 1.53. The number of halogens is 1. The molecular weight excluding hydrogens is 247 g/mol. The quantitative estimate of drug-likeness (QED) is 0.791. The smallest absolute Gasteiger partial charge is 0.213 e. The van der Waals surface area contributed by atoms with Crippen molar-refractivity contribution in [2.45, 2.75) is 6.61 Å². The maximum Gasteiger partial charge on any atom is 0.213 e. The summed E-state index contributed by atoms with van der Waals surface area (Å²) in [5.74, 6) is 0.429. The lowest BCUT2D eigenvalue weighted by Gasteiger charge is -2.08. The van der Waals surface area contributed by atoms with Crippen LogP contribution in [0.5, 0.6) is 11.5 Å². The lowest BCUT2D eigenvalue weighted by molar-refractivity contribution is 0.303. The molecule has 0 N–H and O–H groups in total. The zero-order chi connectivity index (χ0) is 13.7. The molecule has 0 aliphatic rings. The van der Waals surface area contributed by atoms with Crippen LogP contribution < -0.4 is 9.47 Å². The molecular formula is C14H11FN2O2. The first-order chi connectivity index (χ1) is 9.22. The molecule has 19 heavy (non-hydrogen) atoms. The topological polar surface area (TPSA) is 55.1 Å². The molecule has 0 saturated heterocycles. The van der Waals surface area contributed by atoms with Gasteiger partial charge in [0.25, 0.3) is 0 Å². The van der Waals surface area contributed by atoms with E-state index in [1.165, 1.54) is 25.4 Å². The third-order valence-corrected chi connectivity index (χ3v) is 2.49. The third kappa shape index (κ3) is 3.19. The number of nitriles is 1. The summed E-state index contributed by atoms with van der Waals surface area (Å²) >= 11 is 0. The van der Waals surface area contributed by atoms with Gasteiger partial charge < -0.3 is 9.47 Å². The second kappa shape index (κ2) is 5.83. The van der Waals surface area contributed by atoms with Crippen LogP contribution in [0.1, 0.15) is 11.1 Å². The number of benzene rings is 1. The lowest BCUT2D eigenvalue weighted by atomic mass is 10.1. The van der Waals surface area contributed by atoms with E-state index in [9.17, 15) is 4.39 Å². The van der Waals surface area contributed by atoms with Crippen LogP contribution in [0.15, 0.2) is 36.5 Å². The Kier molecular flexibility index (Phi) is 3.94. The molecule has 0 spiro atoms. The van der Waals surface area contributed by atoms with Crippen molar-refractivity contribution in [1.29, 1.82) is 5.26 Å². The van der Waals surface area contributed by atoms with Gasteiger partial charge in [0.2, 0.25) is 5.95 Å². The van der Waals surface area contributed by atoms with E-state index in [4.69, 9.17) is 14.7 Å². The molecule has 0 aliphatic heterocycles. The molecule has 4 nitrogen and oxygen atoms in total. The molecule has 0 bridgehead atoms. The SMILES string of the molecule is COc1cc(COc2ccc(F)nc2)ccc1C#N. The van der Waals surface area contributed by atoms with Gasteiger partial charge in [0.1, 0.15) is 24.2 Å². The minimum atomic E-state index is -0.549. The van der Waals surface area contributed by atoms with Crippen molar-refractivity contribution in [3.63, 3.8) is 0 Å². The number of ether oxygens (including phenoxy) is 2. The average molecular weight is 258 g/mol. The molecule has 1 aromatic heterocycles. The first kappa shape index (κ1) is 12.8. The lowest BCUT2D eigenvalue weighted by Crippen LogP contribution is -1.98. The highest BCUT2D eigenvalue weighted by atomic mass is 19.1. The number of rotatable bonds is 4. The molecule has 0 atom stereocenters. The number of hydrogen-bond donors (Lipinski definition) is 0. The standard InChI is InChI=1S/C14H11FN2O2/c1-18-13-6-10(2-3-11(13)7-16)9-19-12-4-5-14(15)17-8-12/h2-6,8H,9H2,1H3. The summed E-state index contributed by atoms with van der Waals surface area (Å²) in [5.41, 5.74) is 1.31. The molecule has 0 fully saturated rings. The van der Waals surface area contributed by atoms with Gasteiger partial charge in [-0.25, -0.2) is 4.98 Å². The maximum absolute atomic E-state index is 12.6. The van der Waals surface area contributed by atoms with Crippen LogP contribution in [0, 0.1) is 17.3 Å². The van der Waals surface area contributed by atoms with E-state index in [-0.39, 0.29) is 6.61 Å². The van der Waals surface area contributed by atoms with Crippen molar-refractivity contribution in [2.75, 3.05) is 7.11 Å². The number of aromatic nitrogens is 1. The van der Waals surface area contributed by atoms with Crippen molar-refractivity contribution in [3.05, 3.63) is 53.6 Å². The Morgan fingerprint density at radius 1 is 1.32 bits per heavy atom. The van der Waals surface area contributed by atoms with E-state index in [0.717, 1.165) is 5.56 Å². The minimum Gasteiger partial charge on any atom is -0.495 e. The van der Waals surface area contributed by atoms with Gasteiger partial charge >= 0.3 is 0 Å². The number of methoxy groups -OCH3 is 1. The van der Waals surface area contributed by atoms with Crippen molar-refractivity contribution < 1.29 is 13.9 Å². The molecule has 0 amide bonds. The summed E-state index contributed by atoms with van der Waals surface area (Å²) in [6.45, 7) is 0.287. The first-order valence-electron chi connectivity index (χ1n) is 5.54. The predicted molar refractivity (Wildman–Crippen MR) is 66.2 cm³/mol. The molecule has 0 unspecified atom stereocenters. The highest BCUT2D eigenvalue weighted by Gasteiger charge is 2.04. The van der Waals surface area contributed by atoms with E-state index in [1.807, 2.05) is 6.07 Å². The van der Waals surface area contributed by atoms with Crippen LogP contribution in [0.4, 0.5) is 4.39 Å². The summed E-state index contributed by atoms with van der Waals surface area (Å²) in [6.07, 6.45) is 1.32. The van der Waals surface area contributed by atoms with E-state index >= 15 is 0 Å². The van der Waals surface area contributed by atoms with E-state index in [2.05, 4.69) is 4.98 Å². The number of pyridine rings is 1.